The van der Waals surface area contributed by atoms with Gasteiger partial charge in [-0.1, -0.05) is 19.9 Å². The molecule has 0 aromatic heterocycles. The van der Waals surface area contributed by atoms with Crippen molar-refractivity contribution in [3.63, 3.8) is 0 Å². The highest BCUT2D eigenvalue weighted by Crippen LogP contribution is 2.24. The fourth-order valence-electron chi connectivity index (χ4n) is 1.80. The van der Waals surface area contributed by atoms with E-state index in [9.17, 15) is 9.59 Å². The minimum absolute atomic E-state index is 0.415. The second-order valence-electron chi connectivity index (χ2n) is 4.60. The maximum Gasteiger partial charge on any atom is 0.296 e. The summed E-state index contributed by atoms with van der Waals surface area (Å²) >= 11 is 0. The van der Waals surface area contributed by atoms with Crippen LogP contribution in [0.25, 0.3) is 0 Å². The lowest BCUT2D eigenvalue weighted by Crippen LogP contribution is -2.12. The molecule has 1 amide bonds. The van der Waals surface area contributed by atoms with E-state index in [4.69, 9.17) is 0 Å². The van der Waals surface area contributed by atoms with Crippen LogP contribution in [0.3, 0.4) is 0 Å². The first kappa shape index (κ1) is 10.9. The van der Waals surface area contributed by atoms with Crippen molar-refractivity contribution in [2.24, 2.45) is 5.92 Å². The Kier molecular flexibility index (Phi) is 2.77. The lowest BCUT2D eigenvalue weighted by atomic mass is 10.00. The molecule has 2 rings (SSSR count). The number of nitrogens with one attached hydrogen (secondary N) is 1. The largest absolute Gasteiger partial charge is 0.318 e. The van der Waals surface area contributed by atoms with Crippen molar-refractivity contribution >= 4 is 17.4 Å². The SMILES string of the molecule is CC(C)CCc1ccc2c(c1)C(=O)C(=O)N2. The molecule has 0 atom stereocenters. The van der Waals surface area contributed by atoms with Gasteiger partial charge in [-0.05, 0) is 36.5 Å². The molecule has 0 aliphatic carbocycles. The first-order valence-electron chi connectivity index (χ1n) is 5.56. The van der Waals surface area contributed by atoms with Crippen molar-refractivity contribution < 1.29 is 9.59 Å². The smallest absolute Gasteiger partial charge is 0.296 e. The van der Waals surface area contributed by atoms with Crippen LogP contribution in [0.1, 0.15) is 36.2 Å². The second-order valence-corrected chi connectivity index (χ2v) is 4.60. The summed E-state index contributed by atoms with van der Waals surface area (Å²) in [5.74, 6) is -0.291. The van der Waals surface area contributed by atoms with E-state index in [1.54, 1.807) is 0 Å². The van der Waals surface area contributed by atoms with Crippen LogP contribution in [0.15, 0.2) is 18.2 Å². The number of hydrogen-bond donors (Lipinski definition) is 1. The van der Waals surface area contributed by atoms with Gasteiger partial charge in [0, 0.05) is 0 Å². The molecule has 0 saturated carbocycles. The molecular formula is C13H15NO2. The average Bonchev–Trinajstić information content (AvgIpc) is 2.52. The minimum Gasteiger partial charge on any atom is -0.318 e. The highest BCUT2D eigenvalue weighted by atomic mass is 16.2. The van der Waals surface area contributed by atoms with Crippen LogP contribution in [0.2, 0.25) is 0 Å². The maximum atomic E-state index is 11.5. The van der Waals surface area contributed by atoms with E-state index in [0.717, 1.165) is 18.4 Å². The van der Waals surface area contributed by atoms with E-state index in [1.807, 2.05) is 18.2 Å². The Hall–Kier alpha value is -1.64. The standard InChI is InChI=1S/C13H15NO2/c1-8(2)3-4-9-5-6-11-10(7-9)12(15)13(16)14-11/h5-8H,3-4H2,1-2H3,(H,14,15,16). The Bertz CT molecular complexity index is 449. The number of Topliss-reactive ketones (excluding diaryl/α,β-unsaturated/α-hetero) is 1. The van der Waals surface area contributed by atoms with Crippen LogP contribution in [-0.2, 0) is 11.2 Å². The zero-order chi connectivity index (χ0) is 11.7. The van der Waals surface area contributed by atoms with Crippen molar-refractivity contribution in [3.8, 4) is 0 Å². The van der Waals surface area contributed by atoms with Crippen molar-refractivity contribution in [2.45, 2.75) is 26.7 Å². The van der Waals surface area contributed by atoms with Gasteiger partial charge in [-0.25, -0.2) is 0 Å². The van der Waals surface area contributed by atoms with Gasteiger partial charge < -0.3 is 5.32 Å². The molecule has 0 spiro atoms. The number of rotatable bonds is 3. The fourth-order valence-corrected chi connectivity index (χ4v) is 1.80. The van der Waals surface area contributed by atoms with E-state index in [1.165, 1.54) is 0 Å². The predicted molar refractivity (Wildman–Crippen MR) is 62.6 cm³/mol. The summed E-state index contributed by atoms with van der Waals surface area (Å²) < 4.78 is 0. The molecule has 84 valence electrons. The maximum absolute atomic E-state index is 11.5. The highest BCUT2D eigenvalue weighted by Gasteiger charge is 2.27. The van der Waals surface area contributed by atoms with E-state index >= 15 is 0 Å². The summed E-state index contributed by atoms with van der Waals surface area (Å²) in [4.78, 5) is 22.6. The number of amides is 1. The number of anilines is 1. The third-order valence-electron chi connectivity index (χ3n) is 2.79. The van der Waals surface area contributed by atoms with Gasteiger partial charge in [-0.2, -0.15) is 0 Å². The first-order chi connectivity index (χ1) is 7.58. The fraction of sp³-hybridized carbons (Fsp3) is 0.385. The van der Waals surface area contributed by atoms with Crippen LogP contribution < -0.4 is 5.32 Å². The van der Waals surface area contributed by atoms with E-state index < -0.39 is 11.7 Å². The molecule has 1 heterocycles. The Balaban J connectivity index is 2.20. The molecule has 3 heteroatoms. The summed E-state index contributed by atoms with van der Waals surface area (Å²) in [6.07, 6.45) is 2.04. The number of carbonyl (C=O) groups excluding carboxylic acids is 2. The molecule has 1 aromatic carbocycles. The first-order valence-corrected chi connectivity index (χ1v) is 5.56. The molecule has 0 bridgehead atoms. The molecular weight excluding hydrogens is 202 g/mol. The highest BCUT2D eigenvalue weighted by molar-refractivity contribution is 6.51. The molecule has 0 saturated heterocycles. The number of fused-ring (bicyclic) bond motifs is 1. The quantitative estimate of drug-likeness (QED) is 0.790. The monoisotopic (exact) mass is 217 g/mol. The van der Waals surface area contributed by atoms with Crippen LogP contribution in [0, 0.1) is 5.92 Å². The topological polar surface area (TPSA) is 46.2 Å². The summed E-state index contributed by atoms with van der Waals surface area (Å²) in [7, 11) is 0. The van der Waals surface area contributed by atoms with Gasteiger partial charge in [-0.15, -0.1) is 0 Å². The number of hydrogen-bond acceptors (Lipinski definition) is 2. The van der Waals surface area contributed by atoms with Crippen molar-refractivity contribution in [1.29, 1.82) is 0 Å². The van der Waals surface area contributed by atoms with Crippen LogP contribution in [-0.4, -0.2) is 11.7 Å². The van der Waals surface area contributed by atoms with E-state index in [2.05, 4.69) is 19.2 Å². The second kappa shape index (κ2) is 4.08. The molecule has 1 aliphatic heterocycles. The van der Waals surface area contributed by atoms with Crippen LogP contribution >= 0.6 is 0 Å². The van der Waals surface area contributed by atoms with Crippen LogP contribution in [0.4, 0.5) is 5.69 Å². The van der Waals surface area contributed by atoms with Crippen molar-refractivity contribution in [1.82, 2.24) is 0 Å². The number of benzene rings is 1. The average molecular weight is 217 g/mol. The predicted octanol–water partition coefficient (Wildman–Crippen LogP) is 2.41. The summed E-state index contributed by atoms with van der Waals surface area (Å²) in [6, 6.07) is 5.62. The summed E-state index contributed by atoms with van der Waals surface area (Å²) in [5, 5.41) is 2.55. The van der Waals surface area contributed by atoms with Gasteiger partial charge in [-0.3, -0.25) is 9.59 Å². The van der Waals surface area contributed by atoms with Crippen molar-refractivity contribution in [2.75, 3.05) is 5.32 Å². The summed E-state index contributed by atoms with van der Waals surface area (Å²) in [5.41, 5.74) is 2.28. The molecule has 0 unspecified atom stereocenters. The molecule has 1 N–H and O–H groups in total. The third-order valence-corrected chi connectivity index (χ3v) is 2.79. The summed E-state index contributed by atoms with van der Waals surface area (Å²) in [6.45, 7) is 4.34. The van der Waals surface area contributed by atoms with Gasteiger partial charge >= 0.3 is 0 Å². The minimum atomic E-state index is -0.518. The zero-order valence-electron chi connectivity index (χ0n) is 9.54. The normalized spacial score (nSPS) is 14.2. The van der Waals surface area contributed by atoms with Gasteiger partial charge in [0.05, 0.1) is 11.3 Å². The lowest BCUT2D eigenvalue weighted by Gasteiger charge is -2.05. The third kappa shape index (κ3) is 1.98. The van der Waals surface area contributed by atoms with Crippen molar-refractivity contribution in [3.05, 3.63) is 29.3 Å². The number of carbonyl (C=O) groups is 2. The van der Waals surface area contributed by atoms with Gasteiger partial charge in [0.2, 0.25) is 0 Å². The van der Waals surface area contributed by atoms with E-state index in [0.29, 0.717) is 17.2 Å². The molecule has 16 heavy (non-hydrogen) atoms. The lowest BCUT2D eigenvalue weighted by molar-refractivity contribution is -0.112. The Morgan fingerprint density at radius 2 is 2.00 bits per heavy atom. The van der Waals surface area contributed by atoms with Gasteiger partial charge in [0.25, 0.3) is 11.7 Å². The Morgan fingerprint density at radius 3 is 2.69 bits per heavy atom. The van der Waals surface area contributed by atoms with E-state index in [-0.39, 0.29) is 0 Å². The number of aryl methyl sites for hydroxylation is 1. The molecule has 0 fully saturated rings. The van der Waals surface area contributed by atoms with Gasteiger partial charge in [0.1, 0.15) is 0 Å². The zero-order valence-corrected chi connectivity index (χ0v) is 9.54. The van der Waals surface area contributed by atoms with Crippen LogP contribution in [0.5, 0.6) is 0 Å². The Labute approximate surface area is 94.9 Å². The molecule has 0 radical (unpaired) electrons. The number of ketones is 1. The molecule has 1 aliphatic rings. The molecule has 1 aromatic rings. The van der Waals surface area contributed by atoms with Gasteiger partial charge in [0.15, 0.2) is 0 Å². The molecule has 3 nitrogen and oxygen atoms in total. The Morgan fingerprint density at radius 1 is 1.25 bits per heavy atom.